The Bertz CT molecular complexity index is 644. The summed E-state index contributed by atoms with van der Waals surface area (Å²) in [6.07, 6.45) is 0. The molecule has 0 saturated carbocycles. The summed E-state index contributed by atoms with van der Waals surface area (Å²) in [5.74, 6) is 0. The molecule has 0 spiro atoms. The van der Waals surface area contributed by atoms with Gasteiger partial charge in [0.1, 0.15) is 0 Å². The maximum absolute atomic E-state index is 7.14. The van der Waals surface area contributed by atoms with Gasteiger partial charge in [-0.25, -0.2) is 0 Å². The minimum atomic E-state index is -1.78. The van der Waals surface area contributed by atoms with E-state index in [0.717, 1.165) is 15.2 Å². The van der Waals surface area contributed by atoms with Crippen molar-refractivity contribution in [3.05, 3.63) is 35.9 Å². The molecule has 0 aliphatic rings. The fraction of sp³-hybridized carbons (Fsp3) is 0.760. The molecule has 0 aliphatic heterocycles. The number of rotatable bonds is 6. The van der Waals surface area contributed by atoms with E-state index in [1.54, 1.807) is 0 Å². The first kappa shape index (κ1) is 28.1. The van der Waals surface area contributed by atoms with Crippen LogP contribution in [0.5, 0.6) is 0 Å². The maximum atomic E-state index is 7.14. The predicted octanol–water partition coefficient (Wildman–Crippen LogP) is 8.33. The number of hydrogen-bond donors (Lipinski definition) is 0. The van der Waals surface area contributed by atoms with Gasteiger partial charge in [0.15, 0.2) is 8.08 Å². The van der Waals surface area contributed by atoms with Gasteiger partial charge in [-0.05, 0) is 25.7 Å². The van der Waals surface area contributed by atoms with Crippen molar-refractivity contribution in [3.8, 4) is 0 Å². The lowest BCUT2D eigenvalue weighted by Gasteiger charge is -2.57. The second kappa shape index (κ2) is 9.12. The molecule has 3 radical (unpaired) electrons. The lowest BCUT2D eigenvalue weighted by Crippen LogP contribution is -2.71. The highest BCUT2D eigenvalue weighted by atomic mass is 29.8. The van der Waals surface area contributed by atoms with E-state index < -0.39 is 23.3 Å². The van der Waals surface area contributed by atoms with Crippen LogP contribution in [0, 0.1) is 0 Å². The maximum Gasteiger partial charge on any atom is 0.176 e. The highest BCUT2D eigenvalue weighted by Gasteiger charge is 2.60. The lowest BCUT2D eigenvalue weighted by atomic mass is 10.2. The van der Waals surface area contributed by atoms with E-state index in [0.29, 0.717) is 20.2 Å². The van der Waals surface area contributed by atoms with Crippen LogP contribution in [-0.2, 0) is 11.0 Å². The first-order valence-electron chi connectivity index (χ1n) is 11.5. The number of hydrogen-bond acceptors (Lipinski definition) is 1. The summed E-state index contributed by atoms with van der Waals surface area (Å²) >= 11 is 0. The summed E-state index contributed by atoms with van der Waals surface area (Å²) in [6.45, 7) is 36.1. The minimum Gasteiger partial charge on any atom is -0.420 e. The van der Waals surface area contributed by atoms with Crippen molar-refractivity contribution < 1.29 is 4.43 Å². The van der Waals surface area contributed by atoms with Crippen molar-refractivity contribution in [2.24, 2.45) is 0 Å². The molecule has 1 nitrogen and oxygen atoms in total. The van der Waals surface area contributed by atoms with Crippen molar-refractivity contribution >= 4 is 31.8 Å². The van der Waals surface area contributed by atoms with Crippen LogP contribution in [0.2, 0.25) is 33.2 Å². The van der Waals surface area contributed by atoms with Gasteiger partial charge in [0.2, 0.25) is 0 Å². The first-order valence-corrected chi connectivity index (χ1v) is 21.9. The zero-order valence-electron chi connectivity index (χ0n) is 22.5. The molecule has 0 amide bonds. The van der Waals surface area contributed by atoms with E-state index in [2.05, 4.69) is 127 Å². The van der Waals surface area contributed by atoms with Gasteiger partial charge in [-0.1, -0.05) is 127 Å². The molecule has 0 N–H and O–H groups in total. The third-order valence-corrected chi connectivity index (χ3v) is 51.3. The molecule has 1 rings (SSSR count). The molecule has 5 heteroatoms. The summed E-state index contributed by atoms with van der Waals surface area (Å²) in [6, 6.07) is 10.8. The average Bonchev–Trinajstić information content (AvgIpc) is 2.54. The van der Waals surface area contributed by atoms with E-state index in [-0.39, 0.29) is 0 Å². The van der Waals surface area contributed by atoms with Crippen molar-refractivity contribution in [2.75, 3.05) is 0 Å². The Morgan fingerprint density at radius 1 is 0.700 bits per heavy atom. The monoisotopic (exact) mass is 477 g/mol. The van der Waals surface area contributed by atoms with Crippen LogP contribution >= 0.6 is 0 Å². The van der Waals surface area contributed by atoms with Crippen LogP contribution in [0.3, 0.4) is 0 Å². The van der Waals surface area contributed by atoms with E-state index >= 15 is 0 Å². The molecular formula is C25H49OSi4. The zero-order chi connectivity index (χ0) is 23.8. The van der Waals surface area contributed by atoms with Gasteiger partial charge in [-0.15, -0.1) is 0 Å². The van der Waals surface area contributed by atoms with Gasteiger partial charge in [0.05, 0.1) is 22.8 Å². The summed E-state index contributed by atoms with van der Waals surface area (Å²) < 4.78 is 7.14. The Hall–Kier alpha value is 0.0475. The predicted molar refractivity (Wildman–Crippen MR) is 145 cm³/mol. The molecule has 1 aromatic carbocycles. The van der Waals surface area contributed by atoms with Crippen LogP contribution in [-0.4, -0.2) is 31.8 Å². The Labute approximate surface area is 194 Å². The van der Waals surface area contributed by atoms with Gasteiger partial charge in [-0.2, -0.15) is 0 Å². The fourth-order valence-electron chi connectivity index (χ4n) is 4.57. The molecule has 171 valence electrons. The topological polar surface area (TPSA) is 9.23 Å². The second-order valence-electron chi connectivity index (χ2n) is 13.5. The summed E-state index contributed by atoms with van der Waals surface area (Å²) in [7, 11) is -3.40. The Morgan fingerprint density at radius 2 is 1.10 bits per heavy atom. The summed E-state index contributed by atoms with van der Waals surface area (Å²) in [4.78, 5) is 0. The minimum absolute atomic E-state index is 0.314. The standard InChI is InChI=1S/C25H49OSi4/c1-22(2,3)29(13,23(4,5)6)27-28(26-20-21-18-16-15-17-19-21)30(14,24(7,8)9)25(10,11)12/h15-19H,20H2,1-14H3. The van der Waals surface area contributed by atoms with Gasteiger partial charge in [0.25, 0.3) is 0 Å². The SMILES string of the molecule is CC(C)(C)[Si](C)([Si][Si](OCc1ccccc1)[Si](C)(C(C)(C)C)C(C)(C)C)C(C)(C)C. The highest BCUT2D eigenvalue weighted by Crippen LogP contribution is 2.55. The molecule has 0 heterocycles. The summed E-state index contributed by atoms with van der Waals surface area (Å²) in [5.41, 5.74) is 1.32. The molecule has 0 unspecified atom stereocenters. The smallest absolute Gasteiger partial charge is 0.176 e. The van der Waals surface area contributed by atoms with E-state index in [1.807, 2.05) is 0 Å². The van der Waals surface area contributed by atoms with Crippen molar-refractivity contribution in [3.63, 3.8) is 0 Å². The molecule has 0 aromatic heterocycles. The Balaban J connectivity index is 3.56. The fourth-order valence-corrected chi connectivity index (χ4v) is 56.5. The first-order chi connectivity index (χ1) is 13.2. The van der Waals surface area contributed by atoms with Crippen molar-refractivity contribution in [1.29, 1.82) is 0 Å². The normalized spacial score (nSPS) is 15.0. The van der Waals surface area contributed by atoms with Crippen LogP contribution in [0.15, 0.2) is 30.3 Å². The lowest BCUT2D eigenvalue weighted by molar-refractivity contribution is 0.324. The quantitative estimate of drug-likeness (QED) is 0.374. The molecule has 0 fully saturated rings. The molecule has 30 heavy (non-hydrogen) atoms. The van der Waals surface area contributed by atoms with Gasteiger partial charge >= 0.3 is 0 Å². The average molecular weight is 478 g/mol. The molecule has 0 saturated heterocycles. The largest absolute Gasteiger partial charge is 0.420 e. The van der Waals surface area contributed by atoms with Crippen LogP contribution in [0.1, 0.15) is 88.6 Å². The van der Waals surface area contributed by atoms with Gasteiger partial charge in [-0.3, -0.25) is 0 Å². The molecule has 1 aromatic rings. The Kier molecular flexibility index (Phi) is 8.54. The Morgan fingerprint density at radius 3 is 1.43 bits per heavy atom. The molecule has 0 aliphatic carbocycles. The van der Waals surface area contributed by atoms with Gasteiger partial charge < -0.3 is 4.43 Å². The van der Waals surface area contributed by atoms with E-state index in [4.69, 9.17) is 4.43 Å². The van der Waals surface area contributed by atoms with Crippen molar-refractivity contribution in [1.82, 2.24) is 0 Å². The molecule has 0 bridgehead atoms. The van der Waals surface area contributed by atoms with Crippen LogP contribution in [0.25, 0.3) is 0 Å². The zero-order valence-corrected chi connectivity index (χ0v) is 26.5. The van der Waals surface area contributed by atoms with Crippen LogP contribution < -0.4 is 0 Å². The number of benzene rings is 1. The van der Waals surface area contributed by atoms with E-state index in [9.17, 15) is 0 Å². The molecular weight excluding hydrogens is 429 g/mol. The second-order valence-corrected chi connectivity index (χ2v) is 38.4. The highest BCUT2D eigenvalue weighted by molar-refractivity contribution is 7.65. The van der Waals surface area contributed by atoms with Gasteiger partial charge in [0, 0.05) is 7.59 Å². The third-order valence-electron chi connectivity index (χ3n) is 8.04. The van der Waals surface area contributed by atoms with E-state index in [1.165, 1.54) is 5.56 Å². The summed E-state index contributed by atoms with van der Waals surface area (Å²) in [5, 5.41) is 1.35. The van der Waals surface area contributed by atoms with Crippen LogP contribution in [0.4, 0.5) is 0 Å². The molecule has 0 atom stereocenters. The third kappa shape index (κ3) is 5.69. The van der Waals surface area contributed by atoms with Crippen molar-refractivity contribution in [2.45, 2.75) is 123 Å².